The molecule has 0 saturated heterocycles. The molecule has 0 atom stereocenters. The summed E-state index contributed by atoms with van der Waals surface area (Å²) in [6.45, 7) is 5.87. The van der Waals surface area contributed by atoms with Crippen molar-refractivity contribution in [3.63, 3.8) is 0 Å². The molecule has 0 radical (unpaired) electrons. The molecule has 92 valence electrons. The zero-order valence-corrected chi connectivity index (χ0v) is 9.73. The summed E-state index contributed by atoms with van der Waals surface area (Å²) in [6, 6.07) is 4.30. The molecule has 0 fully saturated rings. The van der Waals surface area contributed by atoms with E-state index in [1.165, 1.54) is 12.1 Å². The van der Waals surface area contributed by atoms with E-state index in [4.69, 9.17) is 0 Å². The van der Waals surface area contributed by atoms with Crippen molar-refractivity contribution in [1.82, 2.24) is 0 Å². The summed E-state index contributed by atoms with van der Waals surface area (Å²) < 4.78 is 36.0. The lowest BCUT2D eigenvalue weighted by Crippen LogP contribution is -2.11. The fourth-order valence-electron chi connectivity index (χ4n) is 1.19. The highest BCUT2D eigenvalue weighted by Gasteiger charge is 2.28. The smallest absolute Gasteiger partial charge is 0.393 e. The Bertz CT molecular complexity index is 319. The lowest BCUT2D eigenvalue weighted by atomic mass is 10.1. The Balaban J connectivity index is 0.00000106. The van der Waals surface area contributed by atoms with Crippen molar-refractivity contribution < 1.29 is 18.3 Å². The first-order chi connectivity index (χ1) is 7.42. The Morgan fingerprint density at radius 2 is 1.75 bits per heavy atom. The van der Waals surface area contributed by atoms with E-state index in [2.05, 4.69) is 0 Å². The number of phenolic OH excluding ortho intramolecular Hbond substituents is 1. The molecule has 0 heterocycles. The third-order valence-corrected chi connectivity index (χ3v) is 1.95. The minimum absolute atomic E-state index is 0.0744. The van der Waals surface area contributed by atoms with Crippen LogP contribution in [0.15, 0.2) is 18.2 Å². The minimum Gasteiger partial charge on any atom is -0.508 e. The van der Waals surface area contributed by atoms with E-state index in [0.717, 1.165) is 5.56 Å². The van der Waals surface area contributed by atoms with E-state index in [1.54, 1.807) is 6.07 Å². The number of alkyl halides is 3. The van der Waals surface area contributed by atoms with Gasteiger partial charge in [-0.2, -0.15) is 13.2 Å². The van der Waals surface area contributed by atoms with E-state index in [1.807, 2.05) is 20.8 Å². The molecule has 1 aromatic rings. The predicted octanol–water partition coefficient (Wildman–Crippen LogP) is 4.09. The molecule has 0 aromatic heterocycles. The normalized spacial score (nSPS) is 10.6. The van der Waals surface area contributed by atoms with Gasteiger partial charge in [0.1, 0.15) is 5.75 Å². The largest absolute Gasteiger partial charge is 0.508 e. The van der Waals surface area contributed by atoms with Gasteiger partial charge in [0, 0.05) is 5.56 Å². The topological polar surface area (TPSA) is 20.2 Å². The Labute approximate surface area is 93.9 Å². The molecule has 4 heteroatoms. The number of phenols is 1. The number of aromatic hydroxyl groups is 1. The first kappa shape index (κ1) is 14.8. The van der Waals surface area contributed by atoms with Crippen molar-refractivity contribution in [2.24, 2.45) is 0 Å². The maximum absolute atomic E-state index is 12.0. The van der Waals surface area contributed by atoms with Crippen LogP contribution in [0.3, 0.4) is 0 Å². The van der Waals surface area contributed by atoms with Gasteiger partial charge in [-0.25, -0.2) is 0 Å². The van der Waals surface area contributed by atoms with Gasteiger partial charge in [0.05, 0.1) is 6.42 Å². The van der Waals surface area contributed by atoms with Crippen LogP contribution in [0.5, 0.6) is 5.75 Å². The molecule has 0 spiro atoms. The van der Waals surface area contributed by atoms with Gasteiger partial charge >= 0.3 is 6.18 Å². The molecule has 16 heavy (non-hydrogen) atoms. The van der Waals surface area contributed by atoms with Crippen molar-refractivity contribution in [2.75, 3.05) is 0 Å². The number of rotatable bonds is 2. The molecule has 0 aliphatic rings. The maximum Gasteiger partial charge on any atom is 0.393 e. The Morgan fingerprint density at radius 1 is 1.19 bits per heavy atom. The molecule has 1 nitrogen and oxygen atoms in total. The summed E-state index contributed by atoms with van der Waals surface area (Å²) in [5.74, 6) is -0.276. The van der Waals surface area contributed by atoms with Gasteiger partial charge < -0.3 is 5.11 Å². The Morgan fingerprint density at radius 3 is 2.12 bits per heavy atom. The van der Waals surface area contributed by atoms with Crippen LogP contribution in [-0.2, 0) is 12.8 Å². The molecule has 0 bridgehead atoms. The summed E-state index contributed by atoms with van der Waals surface area (Å²) in [6.07, 6.45) is -4.66. The van der Waals surface area contributed by atoms with E-state index >= 15 is 0 Å². The Hall–Kier alpha value is -1.19. The number of halogens is 3. The van der Waals surface area contributed by atoms with Crippen LogP contribution in [-0.4, -0.2) is 11.3 Å². The zero-order valence-electron chi connectivity index (χ0n) is 9.73. The van der Waals surface area contributed by atoms with Gasteiger partial charge in [-0.3, -0.25) is 0 Å². The number of aryl methyl sites for hydroxylation is 1. The first-order valence-corrected chi connectivity index (χ1v) is 5.30. The number of benzene rings is 1. The summed E-state index contributed by atoms with van der Waals surface area (Å²) in [5, 5.41) is 9.29. The first-order valence-electron chi connectivity index (χ1n) is 5.30. The van der Waals surface area contributed by atoms with Gasteiger partial charge in [0.25, 0.3) is 0 Å². The van der Waals surface area contributed by atoms with Crippen LogP contribution in [0.1, 0.15) is 31.9 Å². The molecule has 0 unspecified atom stereocenters. The van der Waals surface area contributed by atoms with Crippen molar-refractivity contribution in [3.05, 3.63) is 29.3 Å². The highest BCUT2D eigenvalue weighted by Crippen LogP contribution is 2.27. The van der Waals surface area contributed by atoms with Crippen LogP contribution in [0.2, 0.25) is 0 Å². The molecule has 1 rings (SSSR count). The molecule has 0 aliphatic carbocycles. The summed E-state index contributed by atoms with van der Waals surface area (Å²) in [4.78, 5) is 0. The van der Waals surface area contributed by atoms with E-state index in [9.17, 15) is 18.3 Å². The quantitative estimate of drug-likeness (QED) is 0.817. The van der Waals surface area contributed by atoms with Crippen molar-refractivity contribution in [2.45, 2.75) is 39.8 Å². The van der Waals surface area contributed by atoms with Gasteiger partial charge in [-0.15, -0.1) is 0 Å². The van der Waals surface area contributed by atoms with Gasteiger partial charge in [-0.05, 0) is 18.1 Å². The fraction of sp³-hybridized carbons (Fsp3) is 0.500. The highest BCUT2D eigenvalue weighted by atomic mass is 19.4. The molecule has 1 aromatic carbocycles. The molecular weight excluding hydrogens is 217 g/mol. The summed E-state index contributed by atoms with van der Waals surface area (Å²) in [7, 11) is 0. The summed E-state index contributed by atoms with van der Waals surface area (Å²) in [5.41, 5.74) is 0.753. The van der Waals surface area contributed by atoms with Crippen LogP contribution in [0.4, 0.5) is 13.2 Å². The molecule has 1 N–H and O–H groups in total. The minimum atomic E-state index is -4.27. The standard InChI is InChI=1S/C10H11F3O.C2H6/c1-2-7-3-4-8(9(14)5-7)6-10(11,12)13;1-2/h3-5,14H,2,6H2,1H3;1-2H3. The molecule has 0 amide bonds. The van der Waals surface area contributed by atoms with Crippen molar-refractivity contribution >= 4 is 0 Å². The lowest BCUT2D eigenvalue weighted by Gasteiger charge is -2.09. The van der Waals surface area contributed by atoms with E-state index in [-0.39, 0.29) is 11.3 Å². The van der Waals surface area contributed by atoms with Crippen LogP contribution in [0.25, 0.3) is 0 Å². The molecule has 0 saturated carbocycles. The highest BCUT2D eigenvalue weighted by molar-refractivity contribution is 5.36. The molecule has 0 aliphatic heterocycles. The van der Waals surface area contributed by atoms with E-state index in [0.29, 0.717) is 6.42 Å². The maximum atomic E-state index is 12.0. The van der Waals surface area contributed by atoms with Gasteiger partial charge in [-0.1, -0.05) is 32.9 Å². The van der Waals surface area contributed by atoms with Gasteiger partial charge in [0.2, 0.25) is 0 Å². The predicted molar refractivity (Wildman–Crippen MR) is 58.6 cm³/mol. The SMILES string of the molecule is CC.CCc1ccc(CC(F)(F)F)c(O)c1. The van der Waals surface area contributed by atoms with Crippen LogP contribution in [0, 0.1) is 0 Å². The van der Waals surface area contributed by atoms with Crippen LogP contribution < -0.4 is 0 Å². The number of hydrogen-bond acceptors (Lipinski definition) is 1. The third kappa shape index (κ3) is 5.05. The second-order valence-electron chi connectivity index (χ2n) is 3.11. The van der Waals surface area contributed by atoms with Crippen LogP contribution >= 0.6 is 0 Å². The summed E-state index contributed by atoms with van der Waals surface area (Å²) >= 11 is 0. The lowest BCUT2D eigenvalue weighted by molar-refractivity contribution is -0.127. The van der Waals surface area contributed by atoms with Crippen molar-refractivity contribution in [1.29, 1.82) is 0 Å². The van der Waals surface area contributed by atoms with Crippen molar-refractivity contribution in [3.8, 4) is 5.75 Å². The van der Waals surface area contributed by atoms with E-state index < -0.39 is 12.6 Å². The Kier molecular flexibility index (Phi) is 5.93. The fourth-order valence-corrected chi connectivity index (χ4v) is 1.19. The number of hydrogen-bond donors (Lipinski definition) is 1. The average Bonchev–Trinajstić information content (AvgIpc) is 2.22. The average molecular weight is 234 g/mol. The zero-order chi connectivity index (χ0) is 12.8. The third-order valence-electron chi connectivity index (χ3n) is 1.95. The van der Waals surface area contributed by atoms with Gasteiger partial charge in [0.15, 0.2) is 0 Å². The second-order valence-corrected chi connectivity index (χ2v) is 3.11. The molecular formula is C12H17F3O. The monoisotopic (exact) mass is 234 g/mol. The second kappa shape index (κ2) is 6.40.